The van der Waals surface area contributed by atoms with Gasteiger partial charge in [0.1, 0.15) is 0 Å². The van der Waals surface area contributed by atoms with Crippen molar-refractivity contribution >= 4 is 11.6 Å². The van der Waals surface area contributed by atoms with Gasteiger partial charge in [0.05, 0.1) is 6.10 Å². The average molecular weight is 296 g/mol. The second-order valence-electron chi connectivity index (χ2n) is 7.14. The van der Waals surface area contributed by atoms with E-state index in [-0.39, 0.29) is 5.41 Å². The Balaban J connectivity index is 2.25. The summed E-state index contributed by atoms with van der Waals surface area (Å²) in [7, 11) is 0. The van der Waals surface area contributed by atoms with Crippen molar-refractivity contribution in [3.63, 3.8) is 0 Å². The molecule has 0 spiro atoms. The zero-order valence-electron chi connectivity index (χ0n) is 12.7. The van der Waals surface area contributed by atoms with Gasteiger partial charge in [-0.15, -0.1) is 0 Å². The third-order valence-corrected chi connectivity index (χ3v) is 5.50. The summed E-state index contributed by atoms with van der Waals surface area (Å²) in [5.74, 6) is 0. The number of rotatable bonds is 3. The molecule has 0 amide bonds. The molecule has 0 radical (unpaired) electrons. The van der Waals surface area contributed by atoms with Crippen LogP contribution in [0.1, 0.15) is 56.8 Å². The van der Waals surface area contributed by atoms with Gasteiger partial charge in [0.25, 0.3) is 0 Å². The summed E-state index contributed by atoms with van der Waals surface area (Å²) in [6.45, 7) is 7.08. The van der Waals surface area contributed by atoms with E-state index in [4.69, 9.17) is 17.3 Å². The van der Waals surface area contributed by atoms with Crippen LogP contribution in [0.4, 0.5) is 0 Å². The van der Waals surface area contributed by atoms with Crippen molar-refractivity contribution in [2.24, 2.45) is 16.6 Å². The highest BCUT2D eigenvalue weighted by atomic mass is 35.5. The lowest BCUT2D eigenvalue weighted by atomic mass is 9.62. The standard InChI is InChI=1S/C17H26ClNO/c1-12-4-5-13(10-14(12)18)15(20)17(11-19)8-6-16(2,3)7-9-17/h4-5,10,15,20H,6-9,11,19H2,1-3H3. The van der Waals surface area contributed by atoms with Gasteiger partial charge < -0.3 is 10.8 Å². The molecule has 0 aromatic heterocycles. The first-order valence-electron chi connectivity index (χ1n) is 7.44. The van der Waals surface area contributed by atoms with E-state index in [0.29, 0.717) is 17.0 Å². The number of hydrogen-bond acceptors (Lipinski definition) is 2. The zero-order chi connectivity index (χ0) is 15.0. The van der Waals surface area contributed by atoms with Crippen molar-refractivity contribution in [2.45, 2.75) is 52.6 Å². The lowest BCUT2D eigenvalue weighted by Gasteiger charge is -2.46. The van der Waals surface area contributed by atoms with E-state index in [1.54, 1.807) is 0 Å². The predicted molar refractivity (Wildman–Crippen MR) is 84.9 cm³/mol. The van der Waals surface area contributed by atoms with Crippen LogP contribution in [0.5, 0.6) is 0 Å². The number of aliphatic hydroxyl groups excluding tert-OH is 1. The van der Waals surface area contributed by atoms with Crippen LogP contribution in [-0.4, -0.2) is 11.7 Å². The second kappa shape index (κ2) is 5.67. The maximum atomic E-state index is 10.8. The van der Waals surface area contributed by atoms with Crippen LogP contribution in [0, 0.1) is 17.8 Å². The highest BCUT2D eigenvalue weighted by Crippen LogP contribution is 2.50. The van der Waals surface area contributed by atoms with Crippen LogP contribution in [0.25, 0.3) is 0 Å². The van der Waals surface area contributed by atoms with Gasteiger partial charge in [-0.05, 0) is 55.2 Å². The summed E-state index contributed by atoms with van der Waals surface area (Å²) in [5, 5.41) is 11.6. The molecule has 0 saturated heterocycles. The van der Waals surface area contributed by atoms with Crippen molar-refractivity contribution in [1.29, 1.82) is 0 Å². The van der Waals surface area contributed by atoms with Crippen molar-refractivity contribution in [3.05, 3.63) is 34.3 Å². The molecule has 1 aliphatic carbocycles. The highest BCUT2D eigenvalue weighted by Gasteiger charge is 2.43. The topological polar surface area (TPSA) is 46.2 Å². The van der Waals surface area contributed by atoms with Gasteiger partial charge in [-0.3, -0.25) is 0 Å². The van der Waals surface area contributed by atoms with E-state index >= 15 is 0 Å². The molecule has 1 aromatic rings. The lowest BCUT2D eigenvalue weighted by molar-refractivity contribution is -0.0235. The molecule has 3 N–H and O–H groups in total. The van der Waals surface area contributed by atoms with E-state index in [0.717, 1.165) is 36.8 Å². The van der Waals surface area contributed by atoms with Gasteiger partial charge in [-0.1, -0.05) is 37.6 Å². The first-order valence-corrected chi connectivity index (χ1v) is 7.82. The molecule has 1 fully saturated rings. The van der Waals surface area contributed by atoms with Gasteiger partial charge in [0.15, 0.2) is 0 Å². The second-order valence-corrected chi connectivity index (χ2v) is 7.55. The molecule has 0 aliphatic heterocycles. The van der Waals surface area contributed by atoms with Crippen LogP contribution in [0.15, 0.2) is 18.2 Å². The number of aliphatic hydroxyl groups is 1. The molecule has 1 aliphatic rings. The first-order chi connectivity index (χ1) is 9.30. The quantitative estimate of drug-likeness (QED) is 0.876. The summed E-state index contributed by atoms with van der Waals surface area (Å²) >= 11 is 6.19. The summed E-state index contributed by atoms with van der Waals surface area (Å²) < 4.78 is 0. The van der Waals surface area contributed by atoms with Crippen molar-refractivity contribution in [2.75, 3.05) is 6.54 Å². The van der Waals surface area contributed by atoms with Crippen LogP contribution in [0.3, 0.4) is 0 Å². The zero-order valence-corrected chi connectivity index (χ0v) is 13.5. The smallest absolute Gasteiger partial charge is 0.0858 e. The Morgan fingerprint density at radius 2 is 1.85 bits per heavy atom. The molecule has 1 unspecified atom stereocenters. The SMILES string of the molecule is Cc1ccc(C(O)C2(CN)CCC(C)(C)CC2)cc1Cl. The third-order valence-electron chi connectivity index (χ3n) is 5.10. The Morgan fingerprint density at radius 1 is 1.25 bits per heavy atom. The number of hydrogen-bond donors (Lipinski definition) is 2. The Bertz CT molecular complexity index is 474. The minimum Gasteiger partial charge on any atom is -0.388 e. The van der Waals surface area contributed by atoms with Gasteiger partial charge >= 0.3 is 0 Å². The Hall–Kier alpha value is -0.570. The number of aryl methyl sites for hydroxylation is 1. The summed E-state index contributed by atoms with van der Waals surface area (Å²) in [5.41, 5.74) is 8.13. The van der Waals surface area contributed by atoms with E-state index < -0.39 is 6.10 Å². The summed E-state index contributed by atoms with van der Waals surface area (Å²) in [6.07, 6.45) is 3.65. The third kappa shape index (κ3) is 3.03. The van der Waals surface area contributed by atoms with Crippen LogP contribution in [0.2, 0.25) is 5.02 Å². The fourth-order valence-electron chi connectivity index (χ4n) is 3.15. The van der Waals surface area contributed by atoms with E-state index in [9.17, 15) is 5.11 Å². The largest absolute Gasteiger partial charge is 0.388 e. The molecule has 0 bridgehead atoms. The molecular weight excluding hydrogens is 270 g/mol. The fraction of sp³-hybridized carbons (Fsp3) is 0.647. The van der Waals surface area contributed by atoms with Gasteiger partial charge in [0.2, 0.25) is 0 Å². The van der Waals surface area contributed by atoms with E-state index in [1.165, 1.54) is 0 Å². The Morgan fingerprint density at radius 3 is 2.35 bits per heavy atom. The molecule has 1 atom stereocenters. The van der Waals surface area contributed by atoms with Crippen molar-refractivity contribution in [1.82, 2.24) is 0 Å². The maximum absolute atomic E-state index is 10.8. The average Bonchev–Trinajstić information content (AvgIpc) is 2.42. The van der Waals surface area contributed by atoms with Crippen molar-refractivity contribution < 1.29 is 5.11 Å². The lowest BCUT2D eigenvalue weighted by Crippen LogP contribution is -2.41. The Labute approximate surface area is 127 Å². The van der Waals surface area contributed by atoms with Crippen LogP contribution >= 0.6 is 11.6 Å². The van der Waals surface area contributed by atoms with Crippen LogP contribution in [-0.2, 0) is 0 Å². The molecular formula is C17H26ClNO. The predicted octanol–water partition coefficient (Wildman–Crippen LogP) is 4.23. The van der Waals surface area contributed by atoms with Gasteiger partial charge in [-0.2, -0.15) is 0 Å². The fourth-order valence-corrected chi connectivity index (χ4v) is 3.34. The summed E-state index contributed by atoms with van der Waals surface area (Å²) in [4.78, 5) is 0. The van der Waals surface area contributed by atoms with Gasteiger partial charge in [-0.25, -0.2) is 0 Å². The Kier molecular flexibility index (Phi) is 4.48. The van der Waals surface area contributed by atoms with Gasteiger partial charge in [0, 0.05) is 17.0 Å². The molecule has 0 heterocycles. The minimum atomic E-state index is -0.526. The van der Waals surface area contributed by atoms with E-state index in [2.05, 4.69) is 13.8 Å². The number of nitrogens with two attached hydrogens (primary N) is 1. The first kappa shape index (κ1) is 15.8. The molecule has 20 heavy (non-hydrogen) atoms. The highest BCUT2D eigenvalue weighted by molar-refractivity contribution is 6.31. The molecule has 112 valence electrons. The van der Waals surface area contributed by atoms with E-state index in [1.807, 2.05) is 25.1 Å². The monoisotopic (exact) mass is 295 g/mol. The molecule has 1 aromatic carbocycles. The minimum absolute atomic E-state index is 0.200. The maximum Gasteiger partial charge on any atom is 0.0858 e. The summed E-state index contributed by atoms with van der Waals surface area (Å²) in [6, 6.07) is 5.83. The molecule has 2 nitrogen and oxygen atoms in total. The van der Waals surface area contributed by atoms with Crippen LogP contribution < -0.4 is 5.73 Å². The molecule has 1 saturated carbocycles. The molecule has 2 rings (SSSR count). The van der Waals surface area contributed by atoms with Crippen molar-refractivity contribution in [3.8, 4) is 0 Å². The number of benzene rings is 1. The molecule has 3 heteroatoms. The normalized spacial score (nSPS) is 22.5. The number of halogens is 1.